The number of aromatic nitrogens is 1. The summed E-state index contributed by atoms with van der Waals surface area (Å²) in [7, 11) is -1.78. The summed E-state index contributed by atoms with van der Waals surface area (Å²) in [6.07, 6.45) is 3.87. The van der Waals surface area contributed by atoms with Gasteiger partial charge in [0.1, 0.15) is 10.8 Å². The van der Waals surface area contributed by atoms with E-state index in [1.807, 2.05) is 56.3 Å². The second kappa shape index (κ2) is 8.21. The van der Waals surface area contributed by atoms with Crippen molar-refractivity contribution in [2.45, 2.75) is 18.7 Å². The van der Waals surface area contributed by atoms with Crippen LogP contribution in [0.3, 0.4) is 0 Å². The monoisotopic (exact) mass is 402 g/mol. The van der Waals surface area contributed by atoms with E-state index < -0.39 is 10.0 Å². The van der Waals surface area contributed by atoms with Crippen LogP contribution in [0.15, 0.2) is 47.4 Å². The summed E-state index contributed by atoms with van der Waals surface area (Å²) in [4.78, 5) is 4.90. The van der Waals surface area contributed by atoms with Gasteiger partial charge in [-0.25, -0.2) is 13.4 Å². The van der Waals surface area contributed by atoms with E-state index >= 15 is 0 Å². The van der Waals surface area contributed by atoms with Gasteiger partial charge in [0.05, 0.1) is 22.2 Å². The Kier molecular flexibility index (Phi) is 5.94. The lowest BCUT2D eigenvalue weighted by molar-refractivity contribution is 0.415. The standard InChI is InChI=1S/C20H22N2O3S2/c1-4-22(5-2)27(23,24)17-10-6-15(7-11-17)8-13-20-21-18-14-16(25-3)9-12-19(18)26-20/h6-14H,4-5H2,1-3H3/b13-8+. The summed E-state index contributed by atoms with van der Waals surface area (Å²) < 4.78 is 32.8. The lowest BCUT2D eigenvalue weighted by atomic mass is 10.2. The van der Waals surface area contributed by atoms with Crippen molar-refractivity contribution in [1.82, 2.24) is 9.29 Å². The lowest BCUT2D eigenvalue weighted by Gasteiger charge is -2.18. The van der Waals surface area contributed by atoms with E-state index in [0.29, 0.717) is 18.0 Å². The smallest absolute Gasteiger partial charge is 0.243 e. The zero-order valence-corrected chi connectivity index (χ0v) is 17.2. The number of sulfonamides is 1. The second-order valence-electron chi connectivity index (χ2n) is 5.88. The second-order valence-corrected chi connectivity index (χ2v) is 8.88. The van der Waals surface area contributed by atoms with Crippen molar-refractivity contribution >= 4 is 43.7 Å². The Labute approximate surface area is 164 Å². The zero-order valence-electron chi connectivity index (χ0n) is 15.5. The van der Waals surface area contributed by atoms with Gasteiger partial charge in [0.25, 0.3) is 0 Å². The SMILES string of the molecule is CCN(CC)S(=O)(=O)c1ccc(/C=C/c2nc3cc(OC)ccc3s2)cc1. The molecule has 0 aliphatic rings. The van der Waals surface area contributed by atoms with Crippen molar-refractivity contribution < 1.29 is 13.2 Å². The average molecular weight is 403 g/mol. The van der Waals surface area contributed by atoms with Crippen LogP contribution in [-0.2, 0) is 10.0 Å². The van der Waals surface area contributed by atoms with Crippen LogP contribution in [0.1, 0.15) is 24.4 Å². The summed E-state index contributed by atoms with van der Waals surface area (Å²) in [6, 6.07) is 12.7. The molecule has 0 unspecified atom stereocenters. The topological polar surface area (TPSA) is 59.5 Å². The molecular weight excluding hydrogens is 380 g/mol. The van der Waals surface area contributed by atoms with Gasteiger partial charge in [0.15, 0.2) is 0 Å². The van der Waals surface area contributed by atoms with Gasteiger partial charge in [-0.1, -0.05) is 32.1 Å². The number of ether oxygens (including phenoxy) is 1. The third-order valence-electron chi connectivity index (χ3n) is 4.25. The number of hydrogen-bond donors (Lipinski definition) is 0. The van der Waals surface area contributed by atoms with Crippen LogP contribution in [0.2, 0.25) is 0 Å². The van der Waals surface area contributed by atoms with Crippen LogP contribution in [0.25, 0.3) is 22.4 Å². The Morgan fingerprint density at radius 1 is 1.07 bits per heavy atom. The van der Waals surface area contributed by atoms with E-state index in [0.717, 1.165) is 26.5 Å². The first-order valence-corrected chi connectivity index (χ1v) is 11.0. The van der Waals surface area contributed by atoms with Crippen LogP contribution < -0.4 is 4.74 Å². The third kappa shape index (κ3) is 4.21. The summed E-state index contributed by atoms with van der Waals surface area (Å²) >= 11 is 1.60. The number of thiazole rings is 1. The predicted molar refractivity (Wildman–Crippen MR) is 112 cm³/mol. The number of benzene rings is 2. The van der Waals surface area contributed by atoms with E-state index in [1.165, 1.54) is 4.31 Å². The van der Waals surface area contributed by atoms with Crippen molar-refractivity contribution in [2.75, 3.05) is 20.2 Å². The van der Waals surface area contributed by atoms with Crippen LogP contribution in [-0.4, -0.2) is 37.9 Å². The average Bonchev–Trinajstić information content (AvgIpc) is 3.09. The molecular formula is C20H22N2O3S2. The molecule has 7 heteroatoms. The summed E-state index contributed by atoms with van der Waals surface area (Å²) in [5, 5.41) is 0.887. The molecule has 3 aromatic rings. The van der Waals surface area contributed by atoms with E-state index in [9.17, 15) is 8.42 Å². The molecule has 1 heterocycles. The molecule has 5 nitrogen and oxygen atoms in total. The maximum atomic E-state index is 12.5. The minimum Gasteiger partial charge on any atom is -0.497 e. The van der Waals surface area contributed by atoms with E-state index in [4.69, 9.17) is 4.74 Å². The highest BCUT2D eigenvalue weighted by Crippen LogP contribution is 2.27. The van der Waals surface area contributed by atoms with E-state index in [2.05, 4.69) is 4.98 Å². The van der Waals surface area contributed by atoms with Gasteiger partial charge in [0, 0.05) is 19.2 Å². The largest absolute Gasteiger partial charge is 0.497 e. The fraction of sp³-hybridized carbons (Fsp3) is 0.250. The molecule has 142 valence electrons. The Hall–Kier alpha value is -2.22. The van der Waals surface area contributed by atoms with Gasteiger partial charge >= 0.3 is 0 Å². The molecule has 0 saturated heterocycles. The Balaban J connectivity index is 1.80. The summed E-state index contributed by atoms with van der Waals surface area (Å²) in [5.41, 5.74) is 1.82. The fourth-order valence-corrected chi connectivity index (χ4v) is 5.06. The molecule has 0 bridgehead atoms. The van der Waals surface area contributed by atoms with Crippen molar-refractivity contribution in [3.05, 3.63) is 53.0 Å². The first-order valence-electron chi connectivity index (χ1n) is 8.70. The number of methoxy groups -OCH3 is 1. The maximum absolute atomic E-state index is 12.5. The minimum atomic E-state index is -3.42. The van der Waals surface area contributed by atoms with Crippen molar-refractivity contribution in [1.29, 1.82) is 0 Å². The Morgan fingerprint density at radius 3 is 2.41 bits per heavy atom. The summed E-state index contributed by atoms with van der Waals surface area (Å²) in [5.74, 6) is 0.785. The number of nitrogens with zero attached hydrogens (tertiary/aromatic N) is 2. The first-order chi connectivity index (χ1) is 13.0. The molecule has 0 N–H and O–H groups in total. The molecule has 3 rings (SSSR count). The summed E-state index contributed by atoms with van der Waals surface area (Å²) in [6.45, 7) is 4.60. The fourth-order valence-electron chi connectivity index (χ4n) is 2.75. The van der Waals surface area contributed by atoms with Gasteiger partial charge in [-0.05, 0) is 35.9 Å². The third-order valence-corrected chi connectivity index (χ3v) is 7.32. The quantitative estimate of drug-likeness (QED) is 0.584. The number of hydrogen-bond acceptors (Lipinski definition) is 5. The van der Waals surface area contributed by atoms with Crippen molar-refractivity contribution in [3.8, 4) is 5.75 Å². The van der Waals surface area contributed by atoms with Gasteiger partial charge in [0.2, 0.25) is 10.0 Å². The van der Waals surface area contributed by atoms with Crippen LogP contribution in [0.5, 0.6) is 5.75 Å². The van der Waals surface area contributed by atoms with Crippen molar-refractivity contribution in [3.63, 3.8) is 0 Å². The molecule has 0 atom stereocenters. The Morgan fingerprint density at radius 2 is 1.78 bits per heavy atom. The van der Waals surface area contributed by atoms with Gasteiger partial charge in [-0.3, -0.25) is 0 Å². The predicted octanol–water partition coefficient (Wildman–Crippen LogP) is 4.51. The molecule has 0 radical (unpaired) electrons. The molecule has 0 aliphatic carbocycles. The normalized spacial score (nSPS) is 12.3. The molecule has 1 aromatic heterocycles. The molecule has 0 aliphatic heterocycles. The number of rotatable bonds is 7. The molecule has 0 saturated carbocycles. The molecule has 0 amide bonds. The van der Waals surface area contributed by atoms with Crippen LogP contribution in [0, 0.1) is 0 Å². The molecule has 2 aromatic carbocycles. The van der Waals surface area contributed by atoms with Gasteiger partial charge < -0.3 is 4.74 Å². The Bertz CT molecular complexity index is 1050. The molecule has 27 heavy (non-hydrogen) atoms. The molecule has 0 spiro atoms. The van der Waals surface area contributed by atoms with Crippen LogP contribution >= 0.6 is 11.3 Å². The highest BCUT2D eigenvalue weighted by atomic mass is 32.2. The highest BCUT2D eigenvalue weighted by Gasteiger charge is 2.20. The van der Waals surface area contributed by atoms with Gasteiger partial charge in [-0.15, -0.1) is 11.3 Å². The molecule has 0 fully saturated rings. The van der Waals surface area contributed by atoms with E-state index in [-0.39, 0.29) is 0 Å². The minimum absolute atomic E-state index is 0.315. The van der Waals surface area contributed by atoms with Crippen LogP contribution in [0.4, 0.5) is 0 Å². The van der Waals surface area contributed by atoms with Gasteiger partial charge in [-0.2, -0.15) is 4.31 Å². The van der Waals surface area contributed by atoms with E-state index in [1.54, 1.807) is 30.6 Å². The number of fused-ring (bicyclic) bond motifs is 1. The van der Waals surface area contributed by atoms with Crippen molar-refractivity contribution in [2.24, 2.45) is 0 Å². The maximum Gasteiger partial charge on any atom is 0.243 e. The first kappa shape index (κ1) is 19.5. The highest BCUT2D eigenvalue weighted by molar-refractivity contribution is 7.89. The zero-order chi connectivity index (χ0) is 19.4. The lowest BCUT2D eigenvalue weighted by Crippen LogP contribution is -2.30.